The SMILES string of the molecule is CNCC(=O)NN(C(=O)CC(C)C)C(Cc1ccccc1)[C@H](O)CN(CC(C)C)S(=O)(=O)c1ccc2c(c1)CCO2. The minimum absolute atomic E-state index is 0.00215. The molecule has 1 unspecified atom stereocenters. The van der Waals surface area contributed by atoms with Crippen molar-refractivity contribution in [2.45, 2.75) is 64.0 Å². The van der Waals surface area contributed by atoms with E-state index < -0.39 is 28.1 Å². The number of rotatable bonds is 14. The summed E-state index contributed by atoms with van der Waals surface area (Å²) in [7, 11) is -2.38. The number of hydrogen-bond donors (Lipinski definition) is 3. The maximum Gasteiger partial charge on any atom is 0.252 e. The number of fused-ring (bicyclic) bond motifs is 1. The molecule has 0 aliphatic carbocycles. The number of carbonyl (C=O) groups excluding carboxylic acids is 2. The van der Waals surface area contributed by atoms with Crippen LogP contribution in [-0.2, 0) is 32.5 Å². The quantitative estimate of drug-likeness (QED) is 0.289. The van der Waals surface area contributed by atoms with Gasteiger partial charge in [0.05, 0.1) is 30.2 Å². The van der Waals surface area contributed by atoms with Crippen molar-refractivity contribution in [3.8, 4) is 5.75 Å². The first-order chi connectivity index (χ1) is 19.4. The van der Waals surface area contributed by atoms with Gasteiger partial charge in [-0.2, -0.15) is 4.31 Å². The summed E-state index contributed by atoms with van der Waals surface area (Å²) < 4.78 is 34.6. The molecule has 2 aromatic rings. The molecule has 0 aromatic heterocycles. The van der Waals surface area contributed by atoms with E-state index in [0.717, 1.165) is 11.1 Å². The lowest BCUT2D eigenvalue weighted by atomic mass is 9.99. The van der Waals surface area contributed by atoms with Gasteiger partial charge < -0.3 is 15.2 Å². The van der Waals surface area contributed by atoms with Crippen molar-refractivity contribution >= 4 is 21.8 Å². The Hall–Kier alpha value is -2.99. The van der Waals surface area contributed by atoms with Crippen LogP contribution in [0.3, 0.4) is 0 Å². The summed E-state index contributed by atoms with van der Waals surface area (Å²) in [4.78, 5) is 26.2. The molecule has 11 heteroatoms. The highest BCUT2D eigenvalue weighted by molar-refractivity contribution is 7.89. The average molecular weight is 589 g/mol. The molecule has 1 heterocycles. The van der Waals surface area contributed by atoms with Gasteiger partial charge in [-0.3, -0.25) is 15.0 Å². The number of nitrogens with zero attached hydrogens (tertiary/aromatic N) is 2. The van der Waals surface area contributed by atoms with Crippen LogP contribution in [0.5, 0.6) is 5.75 Å². The van der Waals surface area contributed by atoms with Crippen molar-refractivity contribution in [2.75, 3.05) is 33.3 Å². The van der Waals surface area contributed by atoms with Crippen LogP contribution in [0, 0.1) is 11.8 Å². The molecule has 0 saturated carbocycles. The van der Waals surface area contributed by atoms with E-state index in [1.807, 2.05) is 58.0 Å². The third kappa shape index (κ3) is 9.00. The lowest BCUT2D eigenvalue weighted by Gasteiger charge is -2.37. The Balaban J connectivity index is 1.99. The molecule has 3 N–H and O–H groups in total. The molecule has 226 valence electrons. The second-order valence-corrected chi connectivity index (χ2v) is 13.3. The van der Waals surface area contributed by atoms with Crippen molar-refractivity contribution < 1.29 is 27.9 Å². The molecule has 2 aromatic carbocycles. The van der Waals surface area contributed by atoms with Crippen LogP contribution >= 0.6 is 0 Å². The Morgan fingerprint density at radius 3 is 2.37 bits per heavy atom. The highest BCUT2D eigenvalue weighted by atomic mass is 32.2. The monoisotopic (exact) mass is 588 g/mol. The van der Waals surface area contributed by atoms with E-state index in [4.69, 9.17) is 4.74 Å². The fraction of sp³-hybridized carbons (Fsp3) is 0.533. The first kappa shape index (κ1) is 32.5. The van der Waals surface area contributed by atoms with Gasteiger partial charge in [0.15, 0.2) is 0 Å². The Kier molecular flexibility index (Phi) is 11.7. The maximum absolute atomic E-state index is 13.9. The zero-order chi connectivity index (χ0) is 30.2. The lowest BCUT2D eigenvalue weighted by molar-refractivity contribution is -0.148. The number of hydrogen-bond acceptors (Lipinski definition) is 7. The molecular weight excluding hydrogens is 544 g/mol. The van der Waals surface area contributed by atoms with Crippen molar-refractivity contribution in [2.24, 2.45) is 11.8 Å². The molecule has 1 aliphatic rings. The number of nitrogens with one attached hydrogen (secondary N) is 2. The predicted molar refractivity (Wildman–Crippen MR) is 158 cm³/mol. The predicted octanol–water partition coefficient (Wildman–Crippen LogP) is 2.37. The van der Waals surface area contributed by atoms with Gasteiger partial charge >= 0.3 is 0 Å². The highest BCUT2D eigenvalue weighted by Gasteiger charge is 2.36. The Bertz CT molecular complexity index is 1270. The molecule has 1 aliphatic heterocycles. The first-order valence-electron chi connectivity index (χ1n) is 14.2. The Morgan fingerprint density at radius 2 is 1.73 bits per heavy atom. The van der Waals surface area contributed by atoms with Crippen LogP contribution in [0.2, 0.25) is 0 Å². The van der Waals surface area contributed by atoms with E-state index in [1.54, 1.807) is 19.2 Å². The summed E-state index contributed by atoms with van der Waals surface area (Å²) in [6, 6.07) is 13.2. The summed E-state index contributed by atoms with van der Waals surface area (Å²) in [5, 5.41) is 15.7. The minimum Gasteiger partial charge on any atom is -0.493 e. The number of hydrazine groups is 1. The molecule has 10 nitrogen and oxygen atoms in total. The second-order valence-electron chi connectivity index (χ2n) is 11.3. The first-order valence-corrected chi connectivity index (χ1v) is 15.6. The maximum atomic E-state index is 13.9. The fourth-order valence-electron chi connectivity index (χ4n) is 4.85. The van der Waals surface area contributed by atoms with Crippen molar-refractivity contribution in [3.63, 3.8) is 0 Å². The van der Waals surface area contributed by atoms with Crippen molar-refractivity contribution in [1.29, 1.82) is 0 Å². The van der Waals surface area contributed by atoms with Crippen molar-refractivity contribution in [1.82, 2.24) is 20.1 Å². The largest absolute Gasteiger partial charge is 0.493 e. The van der Waals surface area contributed by atoms with Crippen LogP contribution in [-0.4, -0.2) is 80.1 Å². The van der Waals surface area contributed by atoms with E-state index >= 15 is 0 Å². The number of sulfonamides is 1. The minimum atomic E-state index is -4.00. The number of aliphatic hydroxyl groups is 1. The van der Waals surface area contributed by atoms with Gasteiger partial charge in [-0.25, -0.2) is 13.4 Å². The molecule has 3 rings (SSSR count). The molecule has 2 amide bonds. The number of aliphatic hydroxyl groups excluding tert-OH is 1. The van der Waals surface area contributed by atoms with E-state index in [9.17, 15) is 23.1 Å². The third-order valence-corrected chi connectivity index (χ3v) is 8.58. The summed E-state index contributed by atoms with van der Waals surface area (Å²) in [6.45, 7) is 7.98. The Labute approximate surface area is 244 Å². The molecule has 41 heavy (non-hydrogen) atoms. The highest BCUT2D eigenvalue weighted by Crippen LogP contribution is 2.29. The lowest BCUT2D eigenvalue weighted by Crippen LogP contribution is -2.60. The van der Waals surface area contributed by atoms with Gasteiger partial charge in [0.25, 0.3) is 5.91 Å². The number of benzene rings is 2. The van der Waals surface area contributed by atoms with Gasteiger partial charge in [-0.1, -0.05) is 58.0 Å². The van der Waals surface area contributed by atoms with Crippen LogP contribution in [0.15, 0.2) is 53.4 Å². The van der Waals surface area contributed by atoms with Crippen LogP contribution in [0.4, 0.5) is 0 Å². The summed E-state index contributed by atoms with van der Waals surface area (Å²) in [6.07, 6.45) is -0.336. The number of amides is 2. The molecular formula is C30H44N4O6S. The van der Waals surface area contributed by atoms with Gasteiger partial charge in [0.2, 0.25) is 15.9 Å². The molecule has 0 spiro atoms. The molecule has 0 saturated heterocycles. The Morgan fingerprint density at radius 1 is 1.02 bits per heavy atom. The van der Waals surface area contributed by atoms with E-state index in [0.29, 0.717) is 18.8 Å². The van der Waals surface area contributed by atoms with Crippen LogP contribution < -0.4 is 15.5 Å². The van der Waals surface area contributed by atoms with Gasteiger partial charge in [0, 0.05) is 25.9 Å². The summed E-state index contributed by atoms with van der Waals surface area (Å²) in [5.74, 6) is -0.152. The standard InChI is InChI=1S/C30H44N4O6S/c1-21(2)15-30(37)34(32-29(36)18-31-5)26(16-23-9-7-6-8-10-23)27(35)20-33(19-22(3)4)41(38,39)25-11-12-28-24(17-25)13-14-40-28/h6-12,17,21-22,26-27,31,35H,13-16,18-20H2,1-5H3,(H,32,36)/t26?,27-/m1/s1. The zero-order valence-corrected chi connectivity index (χ0v) is 25.5. The topological polar surface area (TPSA) is 128 Å². The molecule has 2 atom stereocenters. The van der Waals surface area contributed by atoms with E-state index in [1.165, 1.54) is 15.4 Å². The molecule has 0 fully saturated rings. The third-order valence-electron chi connectivity index (χ3n) is 6.76. The van der Waals surface area contributed by atoms with Gasteiger partial charge in [0.1, 0.15) is 5.75 Å². The molecule has 0 bridgehead atoms. The van der Waals surface area contributed by atoms with E-state index in [2.05, 4.69) is 10.7 Å². The zero-order valence-electron chi connectivity index (χ0n) is 24.7. The van der Waals surface area contributed by atoms with E-state index in [-0.39, 0.29) is 55.1 Å². The summed E-state index contributed by atoms with van der Waals surface area (Å²) in [5.41, 5.74) is 4.34. The second kappa shape index (κ2) is 14.8. The van der Waals surface area contributed by atoms with Gasteiger partial charge in [-0.05, 0) is 54.6 Å². The fourth-order valence-corrected chi connectivity index (χ4v) is 6.52. The smallest absolute Gasteiger partial charge is 0.252 e. The molecule has 0 radical (unpaired) electrons. The van der Waals surface area contributed by atoms with Gasteiger partial charge in [-0.15, -0.1) is 0 Å². The number of carbonyl (C=O) groups is 2. The average Bonchev–Trinajstić information content (AvgIpc) is 3.38. The summed E-state index contributed by atoms with van der Waals surface area (Å²) >= 11 is 0. The number of ether oxygens (including phenoxy) is 1. The van der Waals surface area contributed by atoms with Crippen LogP contribution in [0.25, 0.3) is 0 Å². The number of likely N-dealkylation sites (N-methyl/N-ethyl adjacent to an activating group) is 1. The van der Waals surface area contributed by atoms with Crippen molar-refractivity contribution in [3.05, 3.63) is 59.7 Å². The van der Waals surface area contributed by atoms with Crippen LogP contribution in [0.1, 0.15) is 45.2 Å². The normalized spacial score (nSPS) is 14.6.